The first kappa shape index (κ1) is 21.2. The maximum absolute atomic E-state index is 12.4. The van der Waals surface area contributed by atoms with Crippen LogP contribution in [-0.4, -0.2) is 36.0 Å². The fraction of sp³-hybridized carbons (Fsp3) is 0.611. The van der Waals surface area contributed by atoms with Crippen molar-refractivity contribution in [3.8, 4) is 0 Å². The van der Waals surface area contributed by atoms with Crippen molar-refractivity contribution >= 4 is 30.7 Å². The van der Waals surface area contributed by atoms with Gasteiger partial charge >= 0.3 is 0 Å². The summed E-state index contributed by atoms with van der Waals surface area (Å²) in [4.78, 5) is 15.0. The molecule has 2 fully saturated rings. The van der Waals surface area contributed by atoms with Gasteiger partial charge in [0.1, 0.15) is 0 Å². The third kappa shape index (κ3) is 5.35. The molecular formula is C18H29Cl2N3O. The number of nitrogens with one attached hydrogen (secondary N) is 1. The molecule has 2 atom stereocenters. The Bertz CT molecular complexity index is 502. The van der Waals surface area contributed by atoms with Gasteiger partial charge in [-0.15, -0.1) is 24.8 Å². The number of hydrogen-bond acceptors (Lipinski definition) is 3. The van der Waals surface area contributed by atoms with E-state index in [1.54, 1.807) is 0 Å². The summed E-state index contributed by atoms with van der Waals surface area (Å²) in [7, 11) is 0. The minimum absolute atomic E-state index is 0. The van der Waals surface area contributed by atoms with Gasteiger partial charge in [0.15, 0.2) is 0 Å². The summed E-state index contributed by atoms with van der Waals surface area (Å²) in [6, 6.07) is 10.8. The number of carbonyl (C=O) groups is 1. The van der Waals surface area contributed by atoms with E-state index in [4.69, 9.17) is 5.73 Å². The van der Waals surface area contributed by atoms with E-state index in [9.17, 15) is 4.79 Å². The molecule has 1 amide bonds. The Hall–Kier alpha value is -0.810. The first-order valence-corrected chi connectivity index (χ1v) is 8.50. The number of benzene rings is 1. The quantitative estimate of drug-likeness (QED) is 0.833. The molecule has 2 aliphatic rings. The molecule has 6 heteroatoms. The number of nitrogens with two attached hydrogens (primary N) is 1. The summed E-state index contributed by atoms with van der Waals surface area (Å²) < 4.78 is 0. The van der Waals surface area contributed by atoms with Crippen molar-refractivity contribution < 1.29 is 4.79 Å². The Balaban J connectivity index is 0.00000144. The Kier molecular flexibility index (Phi) is 8.51. The Labute approximate surface area is 157 Å². The van der Waals surface area contributed by atoms with Gasteiger partial charge in [-0.2, -0.15) is 0 Å². The number of likely N-dealkylation sites (tertiary alicyclic amines) is 1. The van der Waals surface area contributed by atoms with Crippen LogP contribution < -0.4 is 11.1 Å². The van der Waals surface area contributed by atoms with E-state index in [0.717, 1.165) is 37.5 Å². The summed E-state index contributed by atoms with van der Waals surface area (Å²) in [5.41, 5.74) is 7.27. The van der Waals surface area contributed by atoms with Crippen LogP contribution in [0.5, 0.6) is 0 Å². The van der Waals surface area contributed by atoms with Crippen molar-refractivity contribution in [3.05, 3.63) is 35.9 Å². The van der Waals surface area contributed by atoms with Crippen molar-refractivity contribution in [2.45, 2.75) is 50.7 Å². The first-order chi connectivity index (χ1) is 10.6. The fourth-order valence-corrected chi connectivity index (χ4v) is 3.31. The minimum Gasteiger partial charge on any atom is -0.353 e. The predicted octanol–water partition coefficient (Wildman–Crippen LogP) is 2.91. The second kappa shape index (κ2) is 9.62. The molecule has 1 aromatic carbocycles. The number of hydrogen-bond donors (Lipinski definition) is 2. The Morgan fingerprint density at radius 2 is 1.71 bits per heavy atom. The zero-order valence-corrected chi connectivity index (χ0v) is 15.8. The van der Waals surface area contributed by atoms with E-state index in [-0.39, 0.29) is 42.7 Å². The fourth-order valence-electron chi connectivity index (χ4n) is 3.31. The number of rotatable bonds is 5. The lowest BCUT2D eigenvalue weighted by molar-refractivity contribution is -0.126. The van der Waals surface area contributed by atoms with Crippen LogP contribution in [0, 0.1) is 5.92 Å². The topological polar surface area (TPSA) is 58.4 Å². The first-order valence-electron chi connectivity index (χ1n) is 8.50. The minimum atomic E-state index is -0.243. The van der Waals surface area contributed by atoms with E-state index in [1.807, 2.05) is 37.3 Å². The molecular weight excluding hydrogens is 345 g/mol. The molecule has 2 unspecified atom stereocenters. The summed E-state index contributed by atoms with van der Waals surface area (Å²) in [6.45, 7) is 4.16. The number of carbonyl (C=O) groups excluding carboxylic acids is 1. The normalized spacial score (nSPS) is 21.1. The molecule has 0 spiro atoms. The zero-order chi connectivity index (χ0) is 15.5. The molecule has 1 saturated carbocycles. The molecule has 0 radical (unpaired) electrons. The highest BCUT2D eigenvalue weighted by Crippen LogP contribution is 2.29. The van der Waals surface area contributed by atoms with Crippen molar-refractivity contribution in [1.29, 1.82) is 0 Å². The molecule has 1 aromatic rings. The lowest BCUT2D eigenvalue weighted by Gasteiger charge is -2.33. The average molecular weight is 374 g/mol. The number of piperidine rings is 1. The van der Waals surface area contributed by atoms with E-state index in [1.165, 1.54) is 12.8 Å². The number of halogens is 2. The lowest BCUT2D eigenvalue weighted by atomic mass is 9.94. The van der Waals surface area contributed by atoms with Gasteiger partial charge in [-0.25, -0.2) is 0 Å². The highest BCUT2D eigenvalue weighted by Gasteiger charge is 2.32. The molecule has 4 nitrogen and oxygen atoms in total. The van der Waals surface area contributed by atoms with Gasteiger partial charge in [0, 0.05) is 31.2 Å². The van der Waals surface area contributed by atoms with Gasteiger partial charge < -0.3 is 16.0 Å². The molecule has 3 N–H and O–H groups in total. The van der Waals surface area contributed by atoms with Crippen molar-refractivity contribution in [1.82, 2.24) is 10.2 Å². The van der Waals surface area contributed by atoms with Crippen LogP contribution in [0.3, 0.4) is 0 Å². The van der Waals surface area contributed by atoms with Crippen molar-refractivity contribution in [3.63, 3.8) is 0 Å². The van der Waals surface area contributed by atoms with Crippen LogP contribution in [0.15, 0.2) is 30.3 Å². The van der Waals surface area contributed by atoms with Crippen LogP contribution in [0.2, 0.25) is 0 Å². The molecule has 24 heavy (non-hydrogen) atoms. The van der Waals surface area contributed by atoms with Gasteiger partial charge in [-0.3, -0.25) is 4.79 Å². The number of nitrogens with zero attached hydrogens (tertiary/aromatic N) is 1. The Morgan fingerprint density at radius 3 is 2.25 bits per heavy atom. The predicted molar refractivity (Wildman–Crippen MR) is 103 cm³/mol. The molecule has 0 aromatic heterocycles. The van der Waals surface area contributed by atoms with E-state index < -0.39 is 0 Å². The summed E-state index contributed by atoms with van der Waals surface area (Å²) >= 11 is 0. The molecule has 1 heterocycles. The smallest absolute Gasteiger partial charge is 0.224 e. The molecule has 1 saturated heterocycles. The summed E-state index contributed by atoms with van der Waals surface area (Å²) in [5, 5.41) is 3.20. The molecule has 1 aliphatic heterocycles. The van der Waals surface area contributed by atoms with Crippen LogP contribution in [0.4, 0.5) is 0 Å². The SMILES string of the molecule is CC(C(=O)NC1CCN(C2CC2)CC1)C(N)c1ccccc1.Cl.Cl. The van der Waals surface area contributed by atoms with Crippen LogP contribution in [-0.2, 0) is 4.79 Å². The third-order valence-electron chi connectivity index (χ3n) is 5.08. The van der Waals surface area contributed by atoms with E-state index in [0.29, 0.717) is 6.04 Å². The van der Waals surface area contributed by atoms with Gasteiger partial charge in [0.25, 0.3) is 0 Å². The summed E-state index contributed by atoms with van der Waals surface area (Å²) in [5.74, 6) is -0.120. The summed E-state index contributed by atoms with van der Waals surface area (Å²) in [6.07, 6.45) is 4.85. The van der Waals surface area contributed by atoms with Gasteiger partial charge in [0.2, 0.25) is 5.91 Å². The van der Waals surface area contributed by atoms with Crippen LogP contribution >= 0.6 is 24.8 Å². The second-order valence-electron chi connectivity index (χ2n) is 6.78. The van der Waals surface area contributed by atoms with Gasteiger partial charge in [0.05, 0.1) is 5.92 Å². The highest BCUT2D eigenvalue weighted by atomic mass is 35.5. The van der Waals surface area contributed by atoms with Crippen molar-refractivity contribution in [2.75, 3.05) is 13.1 Å². The Morgan fingerprint density at radius 1 is 1.12 bits per heavy atom. The molecule has 3 rings (SSSR count). The number of amides is 1. The zero-order valence-electron chi connectivity index (χ0n) is 14.2. The molecule has 1 aliphatic carbocycles. The largest absolute Gasteiger partial charge is 0.353 e. The maximum Gasteiger partial charge on any atom is 0.224 e. The average Bonchev–Trinajstić information content (AvgIpc) is 3.40. The highest BCUT2D eigenvalue weighted by molar-refractivity contribution is 5.85. The van der Waals surface area contributed by atoms with Gasteiger partial charge in [-0.1, -0.05) is 37.3 Å². The lowest BCUT2D eigenvalue weighted by Crippen LogP contribution is -2.47. The van der Waals surface area contributed by atoms with Crippen LogP contribution in [0.25, 0.3) is 0 Å². The molecule has 0 bridgehead atoms. The second-order valence-corrected chi connectivity index (χ2v) is 6.78. The van der Waals surface area contributed by atoms with E-state index in [2.05, 4.69) is 10.2 Å². The van der Waals surface area contributed by atoms with Crippen molar-refractivity contribution in [2.24, 2.45) is 11.7 Å². The monoisotopic (exact) mass is 373 g/mol. The standard InChI is InChI=1S/C18H27N3O.2ClH/c1-13(17(19)14-5-3-2-4-6-14)18(22)20-15-9-11-21(12-10-15)16-7-8-16;;/h2-6,13,15-17H,7-12,19H2,1H3,(H,20,22);2*1H. The third-order valence-corrected chi connectivity index (χ3v) is 5.08. The maximum atomic E-state index is 12.4. The van der Waals surface area contributed by atoms with Gasteiger partial charge in [-0.05, 0) is 31.2 Å². The van der Waals surface area contributed by atoms with E-state index >= 15 is 0 Å². The molecule has 136 valence electrons. The van der Waals surface area contributed by atoms with Crippen LogP contribution in [0.1, 0.15) is 44.2 Å².